The molecular formula is C30H33FO4S. The molecule has 0 saturated carbocycles. The predicted octanol–water partition coefficient (Wildman–Crippen LogP) is 7.72. The predicted molar refractivity (Wildman–Crippen MR) is 143 cm³/mol. The van der Waals surface area contributed by atoms with E-state index in [9.17, 15) is 14.3 Å². The summed E-state index contributed by atoms with van der Waals surface area (Å²) in [4.78, 5) is 12.2. The second-order valence-electron chi connectivity index (χ2n) is 10.5. The molecule has 0 saturated heterocycles. The average Bonchev–Trinajstić information content (AvgIpc) is 3.23. The first-order chi connectivity index (χ1) is 17.1. The van der Waals surface area contributed by atoms with Crippen LogP contribution in [-0.2, 0) is 17.8 Å². The molecule has 6 heteroatoms. The molecule has 1 atom stereocenters. The Balaban J connectivity index is 1.58. The van der Waals surface area contributed by atoms with E-state index in [-0.39, 0.29) is 23.6 Å². The van der Waals surface area contributed by atoms with Gasteiger partial charge in [0.05, 0.1) is 13.0 Å². The summed E-state index contributed by atoms with van der Waals surface area (Å²) in [6, 6.07) is 16.8. The van der Waals surface area contributed by atoms with Crippen molar-refractivity contribution in [1.82, 2.24) is 0 Å². The first-order valence-electron chi connectivity index (χ1n) is 12.2. The van der Waals surface area contributed by atoms with E-state index >= 15 is 0 Å². The molecule has 3 aromatic rings. The Morgan fingerprint density at radius 1 is 1.06 bits per heavy atom. The van der Waals surface area contributed by atoms with Crippen molar-refractivity contribution in [2.24, 2.45) is 5.41 Å². The number of aliphatic carboxylic acids is 1. The lowest BCUT2D eigenvalue weighted by Crippen LogP contribution is -2.17. The summed E-state index contributed by atoms with van der Waals surface area (Å²) in [5, 5.41) is 9.22. The summed E-state index contributed by atoms with van der Waals surface area (Å²) in [7, 11) is 0. The molecule has 0 aliphatic heterocycles. The molecular weight excluding hydrogens is 475 g/mol. The van der Waals surface area contributed by atoms with E-state index in [0.717, 1.165) is 28.9 Å². The maximum absolute atomic E-state index is 14.8. The molecule has 190 valence electrons. The monoisotopic (exact) mass is 508 g/mol. The molecule has 0 unspecified atom stereocenters. The van der Waals surface area contributed by atoms with Gasteiger partial charge in [-0.2, -0.15) is 0 Å². The Morgan fingerprint density at radius 3 is 2.58 bits per heavy atom. The van der Waals surface area contributed by atoms with Crippen molar-refractivity contribution in [3.05, 3.63) is 77.1 Å². The van der Waals surface area contributed by atoms with Gasteiger partial charge in [0.15, 0.2) is 0 Å². The van der Waals surface area contributed by atoms with Crippen LogP contribution in [0.3, 0.4) is 0 Å². The van der Waals surface area contributed by atoms with Crippen molar-refractivity contribution in [1.29, 1.82) is 0 Å². The molecule has 0 fully saturated rings. The minimum Gasteiger partial charge on any atom is -0.492 e. The molecule has 4 rings (SSSR count). The number of carboxylic acid groups (broad SMARTS) is 1. The molecule has 0 heterocycles. The molecule has 3 aromatic carbocycles. The Bertz CT molecular complexity index is 1250. The van der Waals surface area contributed by atoms with Crippen LogP contribution in [0.1, 0.15) is 56.2 Å². The fraction of sp³-hybridized carbons (Fsp3) is 0.367. The highest BCUT2D eigenvalue weighted by molar-refractivity contribution is 7.98. The van der Waals surface area contributed by atoms with Crippen LogP contribution >= 0.6 is 11.8 Å². The van der Waals surface area contributed by atoms with Crippen LogP contribution in [0.4, 0.5) is 4.39 Å². The number of carboxylic acids is 1. The first kappa shape index (κ1) is 26.1. The van der Waals surface area contributed by atoms with Crippen molar-refractivity contribution in [2.45, 2.75) is 57.5 Å². The lowest BCUT2D eigenvalue weighted by molar-refractivity contribution is -0.137. The Morgan fingerprint density at radius 2 is 1.86 bits per heavy atom. The van der Waals surface area contributed by atoms with Gasteiger partial charge in [-0.25, -0.2) is 4.39 Å². The van der Waals surface area contributed by atoms with Gasteiger partial charge in [0.1, 0.15) is 23.9 Å². The summed E-state index contributed by atoms with van der Waals surface area (Å²) in [5.74, 6) is 0.308. The molecule has 1 aliphatic carbocycles. The number of hydrogen-bond donors (Lipinski definition) is 1. The van der Waals surface area contributed by atoms with E-state index in [1.165, 1.54) is 11.6 Å². The van der Waals surface area contributed by atoms with Crippen molar-refractivity contribution in [3.63, 3.8) is 0 Å². The van der Waals surface area contributed by atoms with Crippen molar-refractivity contribution < 1.29 is 23.8 Å². The minimum absolute atomic E-state index is 0.0321. The van der Waals surface area contributed by atoms with Gasteiger partial charge in [-0.05, 0) is 83.5 Å². The van der Waals surface area contributed by atoms with Crippen LogP contribution in [-0.4, -0.2) is 23.9 Å². The van der Waals surface area contributed by atoms with Gasteiger partial charge in [-0.1, -0.05) is 39.0 Å². The van der Waals surface area contributed by atoms with Crippen molar-refractivity contribution in [3.8, 4) is 22.6 Å². The molecule has 0 spiro atoms. The van der Waals surface area contributed by atoms with E-state index in [1.807, 2.05) is 48.7 Å². The normalized spacial score (nSPS) is 15.0. The quantitative estimate of drug-likeness (QED) is 0.300. The summed E-state index contributed by atoms with van der Waals surface area (Å²) < 4.78 is 27.1. The van der Waals surface area contributed by atoms with E-state index < -0.39 is 5.97 Å². The van der Waals surface area contributed by atoms with E-state index in [4.69, 9.17) is 9.47 Å². The van der Waals surface area contributed by atoms with Crippen LogP contribution in [0.2, 0.25) is 0 Å². The second-order valence-corrected chi connectivity index (χ2v) is 11.4. The summed E-state index contributed by atoms with van der Waals surface area (Å²) in [6.45, 7) is 7.10. The number of thioether (sulfide) groups is 1. The number of rotatable bonds is 9. The first-order valence-corrected chi connectivity index (χ1v) is 13.4. The molecule has 1 aliphatic rings. The summed E-state index contributed by atoms with van der Waals surface area (Å²) in [5.41, 5.74) is 4.35. The van der Waals surface area contributed by atoms with E-state index in [1.54, 1.807) is 17.8 Å². The van der Waals surface area contributed by atoms with E-state index in [2.05, 4.69) is 20.8 Å². The zero-order valence-corrected chi connectivity index (χ0v) is 22.1. The number of fused-ring (bicyclic) bond motifs is 1. The molecule has 0 bridgehead atoms. The zero-order chi connectivity index (χ0) is 25.9. The summed E-state index contributed by atoms with van der Waals surface area (Å²) in [6.07, 6.45) is 3.87. The molecule has 0 aromatic heterocycles. The van der Waals surface area contributed by atoms with Crippen LogP contribution < -0.4 is 9.47 Å². The average molecular weight is 509 g/mol. The van der Waals surface area contributed by atoms with Gasteiger partial charge >= 0.3 is 5.97 Å². The molecule has 0 amide bonds. The van der Waals surface area contributed by atoms with Crippen LogP contribution in [0, 0.1) is 11.2 Å². The van der Waals surface area contributed by atoms with Crippen LogP contribution in [0.5, 0.6) is 11.5 Å². The van der Waals surface area contributed by atoms with Crippen molar-refractivity contribution >= 4 is 17.7 Å². The Kier molecular flexibility index (Phi) is 7.94. The topological polar surface area (TPSA) is 55.8 Å². The van der Waals surface area contributed by atoms with Crippen molar-refractivity contribution in [2.75, 3.05) is 12.9 Å². The highest BCUT2D eigenvalue weighted by Crippen LogP contribution is 2.38. The number of halogens is 1. The van der Waals surface area contributed by atoms with Crippen LogP contribution in [0.25, 0.3) is 11.1 Å². The highest BCUT2D eigenvalue weighted by Gasteiger charge is 2.25. The highest BCUT2D eigenvalue weighted by atomic mass is 32.2. The molecule has 1 N–H and O–H groups in total. The van der Waals surface area contributed by atoms with E-state index in [0.29, 0.717) is 35.8 Å². The SMILES string of the molecule is CSc1ccc(F)c(-c2ccc(COc3ccc4c(c3)[C@@H](CC(=O)O)CC4)cc2OCC(C)(C)C)c1. The van der Waals surface area contributed by atoms with Gasteiger partial charge < -0.3 is 14.6 Å². The fourth-order valence-corrected chi connectivity index (χ4v) is 4.92. The minimum atomic E-state index is -0.776. The summed E-state index contributed by atoms with van der Waals surface area (Å²) >= 11 is 1.57. The van der Waals surface area contributed by atoms with Gasteiger partial charge in [0.2, 0.25) is 0 Å². The second kappa shape index (κ2) is 11.0. The van der Waals surface area contributed by atoms with Gasteiger partial charge in [-0.15, -0.1) is 11.8 Å². The third-order valence-electron chi connectivity index (χ3n) is 6.32. The number of aryl methyl sites for hydroxylation is 1. The maximum Gasteiger partial charge on any atom is 0.303 e. The molecule has 4 nitrogen and oxygen atoms in total. The molecule has 36 heavy (non-hydrogen) atoms. The number of ether oxygens (including phenoxy) is 2. The number of hydrogen-bond acceptors (Lipinski definition) is 4. The fourth-order valence-electron chi connectivity index (χ4n) is 4.48. The third kappa shape index (κ3) is 6.41. The third-order valence-corrected chi connectivity index (χ3v) is 7.04. The lowest BCUT2D eigenvalue weighted by Gasteiger charge is -2.21. The Hall–Kier alpha value is -2.99. The smallest absolute Gasteiger partial charge is 0.303 e. The standard InChI is InChI=1S/C30H33FO4S/c1-30(2,3)18-35-28-13-19(5-11-24(28)26-16-23(36-4)10-12-27(26)31)17-34-22-9-8-20-6-7-21(14-29(32)33)25(20)15-22/h5,8-13,15-16,21H,6-7,14,17-18H2,1-4H3,(H,32,33)/t21-/m1/s1. The zero-order valence-electron chi connectivity index (χ0n) is 21.3. The van der Waals surface area contributed by atoms with Gasteiger partial charge in [0, 0.05) is 16.0 Å². The number of benzene rings is 3. The lowest BCUT2D eigenvalue weighted by atomic mass is 9.98. The largest absolute Gasteiger partial charge is 0.492 e. The Labute approximate surface area is 216 Å². The van der Waals surface area contributed by atoms with Crippen LogP contribution in [0.15, 0.2) is 59.5 Å². The van der Waals surface area contributed by atoms with Gasteiger partial charge in [0.25, 0.3) is 0 Å². The molecule has 0 radical (unpaired) electrons. The number of carbonyl (C=O) groups is 1. The van der Waals surface area contributed by atoms with Gasteiger partial charge in [-0.3, -0.25) is 4.79 Å². The maximum atomic E-state index is 14.8.